The second kappa shape index (κ2) is 6.38. The molecule has 1 aromatic carbocycles. The molecule has 0 spiro atoms. The van der Waals surface area contributed by atoms with Crippen LogP contribution in [0, 0.1) is 13.8 Å². The van der Waals surface area contributed by atoms with E-state index in [1.165, 1.54) is 0 Å². The lowest BCUT2D eigenvalue weighted by Gasteiger charge is -2.22. The summed E-state index contributed by atoms with van der Waals surface area (Å²) in [5.41, 5.74) is 2.98. The van der Waals surface area contributed by atoms with Gasteiger partial charge in [-0.1, -0.05) is 39.3 Å². The third kappa shape index (κ3) is 5.42. The van der Waals surface area contributed by atoms with Gasteiger partial charge in [0.2, 0.25) is 11.8 Å². The van der Waals surface area contributed by atoms with Crippen LogP contribution in [0.2, 0.25) is 39.3 Å². The van der Waals surface area contributed by atoms with Gasteiger partial charge in [0.25, 0.3) is 0 Å². The van der Waals surface area contributed by atoms with E-state index in [0.29, 0.717) is 11.1 Å². The van der Waals surface area contributed by atoms with Gasteiger partial charge in [-0.05, 0) is 37.1 Å². The summed E-state index contributed by atoms with van der Waals surface area (Å²) in [6, 6.07) is 3.65. The van der Waals surface area contributed by atoms with Crippen LogP contribution in [0.4, 0.5) is 0 Å². The number of aryl methyl sites for hydroxylation is 2. The SMILES string of the molecule is Cc1cc(C(=O)N[Si](C)(C)C)c(C(=O)N[Si](C)(C)C)cc1C. The van der Waals surface area contributed by atoms with E-state index in [1.54, 1.807) is 0 Å². The van der Waals surface area contributed by atoms with Gasteiger partial charge in [0.15, 0.2) is 0 Å². The molecule has 0 aliphatic rings. The Morgan fingerprint density at radius 2 is 1.00 bits per heavy atom. The number of benzene rings is 1. The molecule has 0 aliphatic carbocycles. The summed E-state index contributed by atoms with van der Waals surface area (Å²) in [7, 11) is -3.52. The van der Waals surface area contributed by atoms with E-state index in [1.807, 2.05) is 26.0 Å². The minimum atomic E-state index is -1.76. The van der Waals surface area contributed by atoms with Crippen LogP contribution in [0.15, 0.2) is 12.1 Å². The number of carbonyl (C=O) groups is 2. The van der Waals surface area contributed by atoms with E-state index in [2.05, 4.69) is 49.2 Å². The Morgan fingerprint density at radius 1 is 0.727 bits per heavy atom. The first kappa shape index (κ1) is 18.6. The van der Waals surface area contributed by atoms with Gasteiger partial charge >= 0.3 is 0 Å². The van der Waals surface area contributed by atoms with Crippen molar-refractivity contribution in [2.45, 2.75) is 53.1 Å². The molecule has 1 aromatic rings. The van der Waals surface area contributed by atoms with Crippen molar-refractivity contribution >= 4 is 28.3 Å². The maximum atomic E-state index is 12.6. The van der Waals surface area contributed by atoms with Crippen molar-refractivity contribution < 1.29 is 9.59 Å². The van der Waals surface area contributed by atoms with Gasteiger partial charge < -0.3 is 9.96 Å². The first-order valence-corrected chi connectivity index (χ1v) is 14.6. The third-order valence-corrected chi connectivity index (χ3v) is 5.05. The number of carbonyl (C=O) groups excluding carboxylic acids is 2. The molecule has 0 radical (unpaired) electrons. The molecule has 0 saturated heterocycles. The normalized spacial score (nSPS) is 12.0. The molecule has 0 heterocycles. The fourth-order valence-corrected chi connectivity index (χ4v) is 3.64. The largest absolute Gasteiger partial charge is 0.378 e. The summed E-state index contributed by atoms with van der Waals surface area (Å²) >= 11 is 0. The molecular weight excluding hydrogens is 308 g/mol. The zero-order chi connectivity index (χ0) is 17.3. The monoisotopic (exact) mass is 336 g/mol. The quantitative estimate of drug-likeness (QED) is 0.828. The van der Waals surface area contributed by atoms with E-state index in [0.717, 1.165) is 11.1 Å². The second-order valence-electron chi connectivity index (χ2n) is 7.89. The summed E-state index contributed by atoms with van der Waals surface area (Å²) in [5.74, 6) is -0.300. The van der Waals surface area contributed by atoms with Crippen LogP contribution in [0.1, 0.15) is 31.8 Å². The van der Waals surface area contributed by atoms with Crippen LogP contribution >= 0.6 is 0 Å². The van der Waals surface area contributed by atoms with Gasteiger partial charge in [-0.3, -0.25) is 9.59 Å². The van der Waals surface area contributed by atoms with Gasteiger partial charge in [-0.2, -0.15) is 0 Å². The van der Waals surface area contributed by atoms with Crippen molar-refractivity contribution in [1.82, 2.24) is 9.96 Å². The molecule has 0 saturated carbocycles. The summed E-state index contributed by atoms with van der Waals surface area (Å²) in [6.45, 7) is 16.3. The van der Waals surface area contributed by atoms with Gasteiger partial charge in [0.1, 0.15) is 16.5 Å². The lowest BCUT2D eigenvalue weighted by molar-refractivity contribution is 0.0944. The highest BCUT2D eigenvalue weighted by atomic mass is 28.3. The topological polar surface area (TPSA) is 58.2 Å². The van der Waals surface area contributed by atoms with E-state index in [-0.39, 0.29) is 11.8 Å². The van der Waals surface area contributed by atoms with Crippen LogP contribution in [0.25, 0.3) is 0 Å². The first-order valence-electron chi connectivity index (χ1n) is 7.56. The van der Waals surface area contributed by atoms with Gasteiger partial charge in [0, 0.05) is 0 Å². The lowest BCUT2D eigenvalue weighted by atomic mass is 9.99. The molecule has 0 unspecified atom stereocenters. The lowest BCUT2D eigenvalue weighted by Crippen LogP contribution is -2.48. The van der Waals surface area contributed by atoms with Gasteiger partial charge in [0.05, 0.1) is 11.1 Å². The molecular formula is C16H28N2O2Si2. The van der Waals surface area contributed by atoms with Crippen LogP contribution in [-0.2, 0) is 0 Å². The molecule has 0 aromatic heterocycles. The smallest absolute Gasteiger partial charge is 0.244 e. The summed E-state index contributed by atoms with van der Waals surface area (Å²) in [5, 5.41) is 0. The molecule has 0 aliphatic heterocycles. The Morgan fingerprint density at radius 3 is 1.23 bits per heavy atom. The summed E-state index contributed by atoms with van der Waals surface area (Å²) in [6.07, 6.45) is 0. The van der Waals surface area contributed by atoms with Crippen LogP contribution < -0.4 is 9.96 Å². The zero-order valence-corrected chi connectivity index (χ0v) is 17.0. The Bertz CT molecular complexity index is 546. The number of rotatable bonds is 4. The number of hydrogen-bond acceptors (Lipinski definition) is 2. The Hall–Kier alpha value is -1.41. The first-order chi connectivity index (χ1) is 9.80. The zero-order valence-electron chi connectivity index (χ0n) is 15.0. The van der Waals surface area contributed by atoms with Crippen LogP contribution in [0.5, 0.6) is 0 Å². The van der Waals surface area contributed by atoms with Crippen molar-refractivity contribution in [3.8, 4) is 0 Å². The number of hydrogen-bond donors (Lipinski definition) is 2. The fraction of sp³-hybridized carbons (Fsp3) is 0.500. The maximum Gasteiger partial charge on any atom is 0.244 e. The summed E-state index contributed by atoms with van der Waals surface area (Å²) in [4.78, 5) is 31.3. The second-order valence-corrected chi connectivity index (χ2v) is 17.4. The predicted molar refractivity (Wildman–Crippen MR) is 97.5 cm³/mol. The minimum absolute atomic E-state index is 0.150. The molecule has 0 atom stereocenters. The average Bonchev–Trinajstić information content (AvgIpc) is 2.27. The van der Waals surface area contributed by atoms with Crippen LogP contribution in [0.3, 0.4) is 0 Å². The molecule has 4 nitrogen and oxygen atoms in total. The van der Waals surface area contributed by atoms with Crippen molar-refractivity contribution in [2.24, 2.45) is 0 Å². The van der Waals surface area contributed by atoms with Crippen molar-refractivity contribution in [3.05, 3.63) is 34.4 Å². The van der Waals surface area contributed by atoms with E-state index >= 15 is 0 Å². The fourth-order valence-electron chi connectivity index (χ4n) is 2.01. The van der Waals surface area contributed by atoms with Crippen molar-refractivity contribution in [2.75, 3.05) is 0 Å². The van der Waals surface area contributed by atoms with Crippen molar-refractivity contribution in [3.63, 3.8) is 0 Å². The van der Waals surface area contributed by atoms with Gasteiger partial charge in [-0.15, -0.1) is 0 Å². The molecule has 0 bridgehead atoms. The highest BCUT2D eigenvalue weighted by molar-refractivity contribution is 6.76. The van der Waals surface area contributed by atoms with E-state index in [9.17, 15) is 9.59 Å². The molecule has 22 heavy (non-hydrogen) atoms. The Labute approximate surface area is 135 Å². The van der Waals surface area contributed by atoms with E-state index in [4.69, 9.17) is 0 Å². The number of amides is 2. The molecule has 2 amide bonds. The molecule has 6 heteroatoms. The highest BCUT2D eigenvalue weighted by Gasteiger charge is 2.25. The van der Waals surface area contributed by atoms with E-state index < -0.39 is 16.5 Å². The predicted octanol–water partition coefficient (Wildman–Crippen LogP) is 3.43. The highest BCUT2D eigenvalue weighted by Crippen LogP contribution is 2.18. The Kier molecular flexibility index (Phi) is 5.40. The molecule has 2 N–H and O–H groups in total. The average molecular weight is 337 g/mol. The standard InChI is InChI=1S/C16H28N2O2Si2/c1-11-9-13(15(19)17-21(3,4)5)14(10-12(11)2)16(20)18-22(6,7)8/h9-10H,1-8H3,(H,17,19)(H,18,20). The van der Waals surface area contributed by atoms with Crippen LogP contribution in [-0.4, -0.2) is 28.3 Å². The maximum absolute atomic E-state index is 12.6. The Balaban J connectivity index is 3.29. The molecule has 122 valence electrons. The minimum Gasteiger partial charge on any atom is -0.378 e. The molecule has 0 fully saturated rings. The molecule has 1 rings (SSSR count). The van der Waals surface area contributed by atoms with Gasteiger partial charge in [-0.25, -0.2) is 0 Å². The number of nitrogens with one attached hydrogen (secondary N) is 2. The third-order valence-electron chi connectivity index (χ3n) is 3.10. The summed E-state index contributed by atoms with van der Waals surface area (Å²) < 4.78 is 0. The van der Waals surface area contributed by atoms with Crippen molar-refractivity contribution in [1.29, 1.82) is 0 Å².